The number of thiophene rings is 2. The Kier molecular flexibility index (Phi) is 4.81. The van der Waals surface area contributed by atoms with Gasteiger partial charge in [0, 0.05) is 15.8 Å². The minimum atomic E-state index is -0.0627. The van der Waals surface area contributed by atoms with Crippen LogP contribution < -0.4 is 5.32 Å². The van der Waals surface area contributed by atoms with Crippen LogP contribution in [0.4, 0.5) is 5.00 Å². The van der Waals surface area contributed by atoms with Crippen molar-refractivity contribution in [3.63, 3.8) is 0 Å². The third-order valence-corrected chi connectivity index (χ3v) is 6.54. The Hall–Kier alpha value is -1.68. The van der Waals surface area contributed by atoms with Crippen LogP contribution >= 0.6 is 22.7 Å². The number of hydrogen-bond donors (Lipinski definition) is 1. The van der Waals surface area contributed by atoms with Crippen LogP contribution in [0.3, 0.4) is 0 Å². The number of amides is 1. The molecule has 4 nitrogen and oxygen atoms in total. The summed E-state index contributed by atoms with van der Waals surface area (Å²) in [6.45, 7) is 2.41. The normalized spacial score (nSPS) is 14.5. The van der Waals surface area contributed by atoms with Gasteiger partial charge in [-0.2, -0.15) is 5.26 Å². The van der Waals surface area contributed by atoms with Crippen molar-refractivity contribution in [1.29, 1.82) is 5.26 Å². The molecule has 0 spiro atoms. The van der Waals surface area contributed by atoms with Crippen LogP contribution in [-0.2, 0) is 17.6 Å². The van der Waals surface area contributed by atoms with Gasteiger partial charge in [-0.1, -0.05) is 6.07 Å². The maximum absolute atomic E-state index is 12.3. The lowest BCUT2D eigenvalue weighted by Gasteiger charge is -2.23. The third-order valence-electron chi connectivity index (χ3n) is 4.30. The van der Waals surface area contributed by atoms with Gasteiger partial charge in [0.05, 0.1) is 12.1 Å². The fourth-order valence-corrected chi connectivity index (χ4v) is 4.99. The van der Waals surface area contributed by atoms with E-state index in [4.69, 9.17) is 0 Å². The second kappa shape index (κ2) is 6.83. The number of carbonyl (C=O) groups is 1. The van der Waals surface area contributed by atoms with Crippen LogP contribution in [0.2, 0.25) is 0 Å². The van der Waals surface area contributed by atoms with Gasteiger partial charge in [0.2, 0.25) is 5.91 Å². The van der Waals surface area contributed by atoms with Gasteiger partial charge in [0.15, 0.2) is 0 Å². The van der Waals surface area contributed by atoms with E-state index in [1.54, 1.807) is 22.7 Å². The van der Waals surface area contributed by atoms with Crippen molar-refractivity contribution < 1.29 is 4.79 Å². The largest absolute Gasteiger partial charge is 0.315 e. The van der Waals surface area contributed by atoms with Crippen molar-refractivity contribution in [3.8, 4) is 6.07 Å². The Labute approximate surface area is 144 Å². The lowest BCUT2D eigenvalue weighted by molar-refractivity contribution is -0.117. The summed E-state index contributed by atoms with van der Waals surface area (Å²) < 4.78 is 0. The molecule has 0 aromatic carbocycles. The average Bonchev–Trinajstić information content (AvgIpc) is 3.22. The summed E-state index contributed by atoms with van der Waals surface area (Å²) in [4.78, 5) is 16.9. The van der Waals surface area contributed by atoms with Crippen LogP contribution in [-0.4, -0.2) is 24.4 Å². The SMILES string of the molecule is CC(c1cccs1)N(C)CC(=O)Nc1sc2c(c1C#N)CCC2. The summed E-state index contributed by atoms with van der Waals surface area (Å²) >= 11 is 3.26. The summed E-state index contributed by atoms with van der Waals surface area (Å²) in [5, 5.41) is 15.1. The maximum atomic E-state index is 12.3. The zero-order chi connectivity index (χ0) is 16.4. The summed E-state index contributed by atoms with van der Waals surface area (Å²) in [7, 11) is 1.95. The highest BCUT2D eigenvalue weighted by molar-refractivity contribution is 7.16. The van der Waals surface area contributed by atoms with E-state index in [-0.39, 0.29) is 11.9 Å². The molecule has 0 bridgehead atoms. The molecular formula is C17H19N3OS2. The Balaban J connectivity index is 1.65. The predicted octanol–water partition coefficient (Wildman–Crippen LogP) is 3.80. The minimum absolute atomic E-state index is 0.0627. The number of nitrogens with zero attached hydrogens (tertiary/aromatic N) is 2. The molecule has 2 heterocycles. The van der Waals surface area contributed by atoms with Crippen molar-refractivity contribution in [3.05, 3.63) is 38.4 Å². The van der Waals surface area contributed by atoms with Gasteiger partial charge in [-0.3, -0.25) is 9.69 Å². The number of likely N-dealkylation sites (N-methyl/N-ethyl adjacent to an activating group) is 1. The maximum Gasteiger partial charge on any atom is 0.239 e. The van der Waals surface area contributed by atoms with Gasteiger partial charge < -0.3 is 5.32 Å². The highest BCUT2D eigenvalue weighted by Crippen LogP contribution is 2.38. The Morgan fingerprint density at radius 3 is 3.04 bits per heavy atom. The van der Waals surface area contributed by atoms with Crippen molar-refractivity contribution in [1.82, 2.24) is 4.90 Å². The fourth-order valence-electron chi connectivity index (χ4n) is 2.89. The van der Waals surface area contributed by atoms with E-state index in [2.05, 4.69) is 24.4 Å². The second-order valence-corrected chi connectivity index (χ2v) is 7.91. The van der Waals surface area contributed by atoms with Gasteiger partial charge in [0.1, 0.15) is 11.1 Å². The monoisotopic (exact) mass is 345 g/mol. The molecule has 2 aromatic rings. The first-order chi connectivity index (χ1) is 11.1. The molecule has 0 radical (unpaired) electrons. The smallest absolute Gasteiger partial charge is 0.239 e. The molecule has 0 fully saturated rings. The van der Waals surface area contributed by atoms with E-state index in [0.717, 1.165) is 29.8 Å². The zero-order valence-corrected chi connectivity index (χ0v) is 14.9. The van der Waals surface area contributed by atoms with E-state index in [1.807, 2.05) is 23.4 Å². The molecule has 2 aromatic heterocycles. The first kappa shape index (κ1) is 16.2. The molecule has 0 saturated carbocycles. The average molecular weight is 345 g/mol. The Morgan fingerprint density at radius 2 is 2.35 bits per heavy atom. The zero-order valence-electron chi connectivity index (χ0n) is 13.3. The molecule has 0 saturated heterocycles. The molecule has 23 heavy (non-hydrogen) atoms. The molecular weight excluding hydrogens is 326 g/mol. The van der Waals surface area contributed by atoms with Crippen LogP contribution in [0, 0.1) is 11.3 Å². The van der Waals surface area contributed by atoms with E-state index >= 15 is 0 Å². The van der Waals surface area contributed by atoms with Crippen LogP contribution in [0.15, 0.2) is 17.5 Å². The highest BCUT2D eigenvalue weighted by Gasteiger charge is 2.23. The van der Waals surface area contributed by atoms with Crippen molar-refractivity contribution >= 4 is 33.6 Å². The summed E-state index contributed by atoms with van der Waals surface area (Å²) in [6, 6.07) is 6.57. The molecule has 1 unspecified atom stereocenters. The Morgan fingerprint density at radius 1 is 1.52 bits per heavy atom. The molecule has 6 heteroatoms. The van der Waals surface area contributed by atoms with Crippen LogP contribution in [0.5, 0.6) is 0 Å². The second-order valence-electron chi connectivity index (χ2n) is 5.83. The molecule has 1 aliphatic rings. The topological polar surface area (TPSA) is 56.1 Å². The molecule has 120 valence electrons. The molecule has 3 rings (SSSR count). The fraction of sp³-hybridized carbons (Fsp3) is 0.412. The number of fused-ring (bicyclic) bond motifs is 1. The van der Waals surface area contributed by atoms with E-state index < -0.39 is 0 Å². The summed E-state index contributed by atoms with van der Waals surface area (Å²) in [6.07, 6.45) is 3.10. The highest BCUT2D eigenvalue weighted by atomic mass is 32.1. The van der Waals surface area contributed by atoms with E-state index in [1.165, 1.54) is 9.75 Å². The standard InChI is InChI=1S/C17H19N3OS2/c1-11(14-7-4-8-22-14)20(2)10-16(21)19-17-13(9-18)12-5-3-6-15(12)23-17/h4,7-8,11H,3,5-6,10H2,1-2H3,(H,19,21). The van der Waals surface area contributed by atoms with Gasteiger partial charge in [-0.25, -0.2) is 0 Å². The summed E-state index contributed by atoms with van der Waals surface area (Å²) in [5.41, 5.74) is 1.82. The number of nitrogens with one attached hydrogen (secondary N) is 1. The first-order valence-corrected chi connectivity index (χ1v) is 9.38. The molecule has 1 aliphatic carbocycles. The number of carbonyl (C=O) groups excluding carboxylic acids is 1. The minimum Gasteiger partial charge on any atom is -0.315 e. The van der Waals surface area contributed by atoms with Crippen molar-refractivity contribution in [2.24, 2.45) is 0 Å². The molecule has 1 amide bonds. The first-order valence-electron chi connectivity index (χ1n) is 7.68. The van der Waals surface area contributed by atoms with Gasteiger partial charge >= 0.3 is 0 Å². The molecule has 0 aliphatic heterocycles. The lowest BCUT2D eigenvalue weighted by atomic mass is 10.1. The number of anilines is 1. The third kappa shape index (κ3) is 3.32. The van der Waals surface area contributed by atoms with Crippen molar-refractivity contribution in [2.45, 2.75) is 32.2 Å². The van der Waals surface area contributed by atoms with Gasteiger partial charge in [-0.05, 0) is 50.2 Å². The summed E-state index contributed by atoms with van der Waals surface area (Å²) in [5.74, 6) is -0.0627. The van der Waals surface area contributed by atoms with Crippen LogP contribution in [0.25, 0.3) is 0 Å². The molecule has 1 atom stereocenters. The van der Waals surface area contributed by atoms with Gasteiger partial charge in [-0.15, -0.1) is 22.7 Å². The van der Waals surface area contributed by atoms with E-state index in [0.29, 0.717) is 12.1 Å². The quantitative estimate of drug-likeness (QED) is 0.897. The number of hydrogen-bond acceptors (Lipinski definition) is 5. The lowest BCUT2D eigenvalue weighted by Crippen LogP contribution is -2.31. The van der Waals surface area contributed by atoms with Gasteiger partial charge in [0.25, 0.3) is 0 Å². The number of rotatable bonds is 5. The van der Waals surface area contributed by atoms with Crippen molar-refractivity contribution in [2.75, 3.05) is 18.9 Å². The predicted molar refractivity (Wildman–Crippen MR) is 95.1 cm³/mol. The molecule has 1 N–H and O–H groups in total. The van der Waals surface area contributed by atoms with E-state index in [9.17, 15) is 10.1 Å². The number of aryl methyl sites for hydroxylation is 1. The van der Waals surface area contributed by atoms with Crippen LogP contribution in [0.1, 0.15) is 40.3 Å². The Bertz CT molecular complexity index is 743. The number of nitriles is 1.